The molecule has 3 aromatic rings. The first-order chi connectivity index (χ1) is 16.7. The van der Waals surface area contributed by atoms with Crippen molar-refractivity contribution in [2.24, 2.45) is 0 Å². The lowest BCUT2D eigenvalue weighted by Crippen LogP contribution is -2.45. The molecule has 0 aliphatic rings. The third kappa shape index (κ3) is 6.57. The number of rotatable bonds is 9. The van der Waals surface area contributed by atoms with Gasteiger partial charge in [-0.3, -0.25) is 0 Å². The summed E-state index contributed by atoms with van der Waals surface area (Å²) in [5.41, 5.74) is 2.20. The van der Waals surface area contributed by atoms with Gasteiger partial charge < -0.3 is 19.9 Å². The Kier molecular flexibility index (Phi) is 8.46. The standard InChI is InChI=1S/C28H31NO5S/c1-27(2,3)34-26(32)29-24(25(30)31)19-35-28(20-11-7-5-8-12-20,21-13-9-6-10-14-21)22-15-17-23(33-4)18-16-22/h5-18,24H,19H2,1-4H3,(H,29,32)(H,30,31)/t24-/m0/s1. The molecule has 3 rings (SSSR count). The highest BCUT2D eigenvalue weighted by Gasteiger charge is 2.39. The summed E-state index contributed by atoms with van der Waals surface area (Å²) in [4.78, 5) is 24.5. The van der Waals surface area contributed by atoms with E-state index < -0.39 is 28.5 Å². The van der Waals surface area contributed by atoms with Gasteiger partial charge >= 0.3 is 12.1 Å². The van der Waals surface area contributed by atoms with Gasteiger partial charge in [0.05, 0.1) is 11.9 Å². The van der Waals surface area contributed by atoms with Crippen LogP contribution < -0.4 is 10.1 Å². The van der Waals surface area contributed by atoms with E-state index in [1.165, 1.54) is 11.8 Å². The number of aliphatic carboxylic acids is 1. The van der Waals surface area contributed by atoms with E-state index in [2.05, 4.69) is 5.32 Å². The highest BCUT2D eigenvalue weighted by Crippen LogP contribution is 2.49. The molecule has 0 spiro atoms. The molecular weight excluding hydrogens is 462 g/mol. The Balaban J connectivity index is 2.06. The van der Waals surface area contributed by atoms with Crippen LogP contribution in [0.4, 0.5) is 4.79 Å². The minimum Gasteiger partial charge on any atom is -0.497 e. The SMILES string of the molecule is COc1ccc(C(SC[C@H](NC(=O)OC(C)(C)C)C(=O)O)(c2ccccc2)c2ccccc2)cc1. The molecule has 7 heteroatoms. The maximum atomic E-state index is 12.4. The Hall–Kier alpha value is -3.45. The quantitative estimate of drug-likeness (QED) is 0.372. The van der Waals surface area contributed by atoms with Gasteiger partial charge in [-0.25, -0.2) is 9.59 Å². The van der Waals surface area contributed by atoms with Crippen molar-refractivity contribution in [2.45, 2.75) is 37.2 Å². The summed E-state index contributed by atoms with van der Waals surface area (Å²) in [7, 11) is 1.62. The van der Waals surface area contributed by atoms with Gasteiger partial charge in [-0.1, -0.05) is 72.8 Å². The lowest BCUT2D eigenvalue weighted by Gasteiger charge is -2.36. The molecule has 2 N–H and O–H groups in total. The van der Waals surface area contributed by atoms with E-state index in [0.29, 0.717) is 0 Å². The number of carboxylic acids is 1. The number of amides is 1. The topological polar surface area (TPSA) is 84.9 Å². The van der Waals surface area contributed by atoms with Crippen molar-refractivity contribution in [3.05, 3.63) is 102 Å². The number of carboxylic acid groups (broad SMARTS) is 1. The van der Waals surface area contributed by atoms with Crippen LogP contribution in [0, 0.1) is 0 Å². The highest BCUT2D eigenvalue weighted by atomic mass is 32.2. The van der Waals surface area contributed by atoms with Gasteiger partial charge in [-0.2, -0.15) is 0 Å². The summed E-state index contributed by atoms with van der Waals surface area (Å²) < 4.78 is 9.92. The van der Waals surface area contributed by atoms with Crippen molar-refractivity contribution in [3.63, 3.8) is 0 Å². The normalized spacial score (nSPS) is 12.5. The summed E-state index contributed by atoms with van der Waals surface area (Å²) in [6, 6.07) is 26.5. The molecule has 0 radical (unpaired) electrons. The van der Waals surface area contributed by atoms with E-state index in [0.717, 1.165) is 22.4 Å². The Morgan fingerprint density at radius 3 is 1.77 bits per heavy atom. The molecule has 3 aromatic carbocycles. The number of benzene rings is 3. The van der Waals surface area contributed by atoms with Crippen molar-refractivity contribution in [3.8, 4) is 5.75 Å². The third-order valence-electron chi connectivity index (χ3n) is 5.31. The van der Waals surface area contributed by atoms with E-state index in [4.69, 9.17) is 9.47 Å². The molecule has 35 heavy (non-hydrogen) atoms. The first-order valence-corrected chi connectivity index (χ1v) is 12.3. The average Bonchev–Trinajstić information content (AvgIpc) is 2.84. The number of nitrogens with one attached hydrogen (secondary N) is 1. The van der Waals surface area contributed by atoms with Crippen LogP contribution in [0.2, 0.25) is 0 Å². The maximum Gasteiger partial charge on any atom is 0.408 e. The largest absolute Gasteiger partial charge is 0.497 e. The number of hydrogen-bond acceptors (Lipinski definition) is 5. The highest BCUT2D eigenvalue weighted by molar-refractivity contribution is 8.00. The molecule has 0 saturated carbocycles. The third-order valence-corrected chi connectivity index (χ3v) is 6.95. The molecule has 0 heterocycles. The van der Waals surface area contributed by atoms with Gasteiger partial charge in [-0.15, -0.1) is 11.8 Å². The zero-order chi connectivity index (χ0) is 25.5. The van der Waals surface area contributed by atoms with Crippen LogP contribution in [0.3, 0.4) is 0 Å². The molecule has 6 nitrogen and oxygen atoms in total. The van der Waals surface area contributed by atoms with E-state index in [9.17, 15) is 14.7 Å². The van der Waals surface area contributed by atoms with Crippen LogP contribution in [-0.4, -0.2) is 41.7 Å². The van der Waals surface area contributed by atoms with Crippen molar-refractivity contribution in [1.82, 2.24) is 5.32 Å². The predicted molar refractivity (Wildman–Crippen MR) is 139 cm³/mol. The fourth-order valence-corrected chi connectivity index (χ4v) is 5.31. The number of alkyl carbamates (subject to hydrolysis) is 1. The van der Waals surface area contributed by atoms with Gasteiger partial charge in [-0.05, 0) is 49.6 Å². The molecule has 0 bridgehead atoms. The fourth-order valence-electron chi connectivity index (χ4n) is 3.75. The molecule has 0 fully saturated rings. The summed E-state index contributed by atoms with van der Waals surface area (Å²) in [5, 5.41) is 12.4. The average molecular weight is 494 g/mol. The maximum absolute atomic E-state index is 12.4. The summed E-state index contributed by atoms with van der Waals surface area (Å²) in [6.45, 7) is 5.20. The number of carbonyl (C=O) groups is 2. The summed E-state index contributed by atoms with van der Waals surface area (Å²) in [5.74, 6) is -0.304. The number of thioether (sulfide) groups is 1. The number of carbonyl (C=O) groups excluding carboxylic acids is 1. The van der Waals surface area contributed by atoms with Crippen LogP contribution in [0.15, 0.2) is 84.9 Å². The molecule has 1 atom stereocenters. The molecule has 0 unspecified atom stereocenters. The molecule has 184 valence electrons. The van der Waals surface area contributed by atoms with Crippen molar-refractivity contribution >= 4 is 23.8 Å². The first kappa shape index (κ1) is 26.2. The number of hydrogen-bond donors (Lipinski definition) is 2. The Morgan fingerprint density at radius 1 is 0.857 bits per heavy atom. The van der Waals surface area contributed by atoms with Crippen LogP contribution in [-0.2, 0) is 14.3 Å². The van der Waals surface area contributed by atoms with Crippen LogP contribution in [0.5, 0.6) is 5.75 Å². The van der Waals surface area contributed by atoms with Crippen molar-refractivity contribution < 1.29 is 24.2 Å². The summed E-state index contributed by atoms with van der Waals surface area (Å²) >= 11 is 1.45. The van der Waals surface area contributed by atoms with Gasteiger partial charge in [0.1, 0.15) is 17.4 Å². The first-order valence-electron chi connectivity index (χ1n) is 11.3. The van der Waals surface area contributed by atoms with Crippen molar-refractivity contribution in [1.29, 1.82) is 0 Å². The van der Waals surface area contributed by atoms with Gasteiger partial charge in [0.2, 0.25) is 0 Å². The molecule has 0 aromatic heterocycles. The van der Waals surface area contributed by atoms with E-state index in [1.807, 2.05) is 84.9 Å². The second kappa shape index (κ2) is 11.3. The monoisotopic (exact) mass is 493 g/mol. The van der Waals surface area contributed by atoms with Gasteiger partial charge in [0.25, 0.3) is 0 Å². The zero-order valence-electron chi connectivity index (χ0n) is 20.4. The number of methoxy groups -OCH3 is 1. The zero-order valence-corrected chi connectivity index (χ0v) is 21.2. The van der Waals surface area contributed by atoms with E-state index in [1.54, 1.807) is 27.9 Å². The second-order valence-corrected chi connectivity index (χ2v) is 10.2. The molecule has 0 saturated heterocycles. The Bertz CT molecular complexity index is 1070. The fraction of sp³-hybridized carbons (Fsp3) is 0.286. The Morgan fingerprint density at radius 2 is 1.34 bits per heavy atom. The molecule has 0 aliphatic heterocycles. The predicted octanol–water partition coefficient (Wildman–Crippen LogP) is 5.70. The minimum absolute atomic E-state index is 0.102. The molecule has 1 amide bonds. The lowest BCUT2D eigenvalue weighted by atomic mass is 9.84. The van der Waals surface area contributed by atoms with Crippen molar-refractivity contribution in [2.75, 3.05) is 12.9 Å². The van der Waals surface area contributed by atoms with E-state index >= 15 is 0 Å². The smallest absolute Gasteiger partial charge is 0.408 e. The lowest BCUT2D eigenvalue weighted by molar-refractivity contribution is -0.138. The van der Waals surface area contributed by atoms with Crippen LogP contribution in [0.25, 0.3) is 0 Å². The van der Waals surface area contributed by atoms with Gasteiger partial charge in [0, 0.05) is 5.75 Å². The van der Waals surface area contributed by atoms with Crippen LogP contribution >= 0.6 is 11.8 Å². The van der Waals surface area contributed by atoms with Crippen LogP contribution in [0.1, 0.15) is 37.5 Å². The molecule has 0 aliphatic carbocycles. The number of ether oxygens (including phenoxy) is 2. The minimum atomic E-state index is -1.15. The molecular formula is C28H31NO5S. The van der Waals surface area contributed by atoms with E-state index in [-0.39, 0.29) is 5.75 Å². The van der Waals surface area contributed by atoms with Gasteiger partial charge in [0.15, 0.2) is 0 Å². The Labute approximate surface area is 210 Å². The summed E-state index contributed by atoms with van der Waals surface area (Å²) in [6.07, 6.45) is -0.764. The second-order valence-electron chi connectivity index (χ2n) is 8.99.